The number of rotatable bonds is 8. The van der Waals surface area contributed by atoms with Crippen LogP contribution in [0.3, 0.4) is 0 Å². The Labute approximate surface area is 230 Å². The average Bonchev–Trinajstić information content (AvgIpc) is 3.54. The molecule has 0 radical (unpaired) electrons. The largest absolute Gasteiger partial charge is 0.490 e. The van der Waals surface area contributed by atoms with Crippen molar-refractivity contribution in [2.24, 2.45) is 0 Å². The van der Waals surface area contributed by atoms with E-state index in [1.165, 1.54) is 0 Å². The number of carbonyl (C=O) groups is 3. The van der Waals surface area contributed by atoms with Crippen molar-refractivity contribution < 1.29 is 23.9 Å². The molecule has 2 aliphatic heterocycles. The summed E-state index contributed by atoms with van der Waals surface area (Å²) in [5.41, 5.74) is 1.61. The van der Waals surface area contributed by atoms with Gasteiger partial charge in [0.15, 0.2) is 11.5 Å². The Morgan fingerprint density at radius 3 is 2.61 bits per heavy atom. The molecular formula is C29H27ClN2O5S. The summed E-state index contributed by atoms with van der Waals surface area (Å²) in [7, 11) is 0. The second-order valence-electron chi connectivity index (χ2n) is 9.05. The minimum atomic E-state index is -0.488. The predicted octanol–water partition coefficient (Wildman–Crippen LogP) is 6.13. The standard InChI is InChI=1S/C29H27ClN2O5S/c1-2-36-24-15-19(16-25-28(34)32(29(35)38-25)17-26(33)31-12-5-6-13-31)14-23(30)27(24)37-18-21-10-7-9-20-8-3-4-11-22(20)21/h3-4,7-11,14-16H,2,5-6,12-13,17-18H2,1H3/b25-16-. The number of nitrogens with zero attached hydrogens (tertiary/aromatic N) is 2. The molecule has 3 aromatic rings. The van der Waals surface area contributed by atoms with E-state index in [9.17, 15) is 14.4 Å². The lowest BCUT2D eigenvalue weighted by Gasteiger charge is -2.18. The van der Waals surface area contributed by atoms with E-state index in [1.54, 1.807) is 23.1 Å². The highest BCUT2D eigenvalue weighted by Gasteiger charge is 2.37. The number of likely N-dealkylation sites (tertiary alicyclic amines) is 1. The number of benzene rings is 3. The summed E-state index contributed by atoms with van der Waals surface area (Å²) >= 11 is 7.43. The Balaban J connectivity index is 1.35. The molecule has 38 heavy (non-hydrogen) atoms. The van der Waals surface area contributed by atoms with Crippen LogP contribution in [0.5, 0.6) is 11.5 Å². The smallest absolute Gasteiger partial charge is 0.294 e. The zero-order chi connectivity index (χ0) is 26.6. The molecule has 9 heteroatoms. The number of imide groups is 1. The van der Waals surface area contributed by atoms with E-state index in [4.69, 9.17) is 21.1 Å². The van der Waals surface area contributed by atoms with Crippen LogP contribution in [0.2, 0.25) is 5.02 Å². The van der Waals surface area contributed by atoms with Gasteiger partial charge in [-0.2, -0.15) is 0 Å². The first-order valence-electron chi connectivity index (χ1n) is 12.5. The molecule has 196 valence electrons. The van der Waals surface area contributed by atoms with Gasteiger partial charge in [-0.3, -0.25) is 19.3 Å². The highest BCUT2D eigenvalue weighted by atomic mass is 35.5. The maximum absolute atomic E-state index is 13.0. The van der Waals surface area contributed by atoms with Gasteiger partial charge in [0.2, 0.25) is 5.91 Å². The van der Waals surface area contributed by atoms with Crippen molar-refractivity contribution in [3.05, 3.63) is 75.7 Å². The fraction of sp³-hybridized carbons (Fsp3) is 0.276. The molecule has 2 aliphatic rings. The summed E-state index contributed by atoms with van der Waals surface area (Å²) in [4.78, 5) is 40.9. The Morgan fingerprint density at radius 1 is 1.05 bits per heavy atom. The van der Waals surface area contributed by atoms with E-state index in [-0.39, 0.29) is 17.4 Å². The normalized spacial score (nSPS) is 16.6. The van der Waals surface area contributed by atoms with Crippen molar-refractivity contribution in [3.63, 3.8) is 0 Å². The molecule has 2 fully saturated rings. The first kappa shape index (κ1) is 26.1. The first-order chi connectivity index (χ1) is 18.4. The molecule has 7 nitrogen and oxygen atoms in total. The van der Waals surface area contributed by atoms with E-state index in [0.29, 0.717) is 48.4 Å². The van der Waals surface area contributed by atoms with Gasteiger partial charge in [0.25, 0.3) is 11.1 Å². The molecule has 5 rings (SSSR count). The minimum absolute atomic E-state index is 0.208. The summed E-state index contributed by atoms with van der Waals surface area (Å²) in [6.07, 6.45) is 3.48. The number of amides is 3. The van der Waals surface area contributed by atoms with Gasteiger partial charge in [0.1, 0.15) is 13.2 Å². The van der Waals surface area contributed by atoms with Crippen molar-refractivity contribution in [1.82, 2.24) is 9.80 Å². The molecule has 0 N–H and O–H groups in total. The third-order valence-corrected chi connectivity index (χ3v) is 7.70. The van der Waals surface area contributed by atoms with E-state index in [0.717, 1.165) is 45.8 Å². The van der Waals surface area contributed by atoms with E-state index >= 15 is 0 Å². The van der Waals surface area contributed by atoms with Crippen LogP contribution in [0.15, 0.2) is 59.5 Å². The summed E-state index contributed by atoms with van der Waals surface area (Å²) in [6, 6.07) is 17.5. The molecule has 0 unspecified atom stereocenters. The zero-order valence-electron chi connectivity index (χ0n) is 20.9. The first-order valence-corrected chi connectivity index (χ1v) is 13.7. The van der Waals surface area contributed by atoms with Gasteiger partial charge in [-0.25, -0.2) is 0 Å². The third-order valence-electron chi connectivity index (χ3n) is 6.51. The molecule has 2 heterocycles. The Hall–Kier alpha value is -3.49. The fourth-order valence-electron chi connectivity index (χ4n) is 4.63. The quantitative estimate of drug-likeness (QED) is 0.314. The Kier molecular flexibility index (Phi) is 7.90. The van der Waals surface area contributed by atoms with Crippen LogP contribution < -0.4 is 9.47 Å². The number of hydrogen-bond donors (Lipinski definition) is 0. The summed E-state index contributed by atoms with van der Waals surface area (Å²) in [5.74, 6) is 0.149. The van der Waals surface area contributed by atoms with Crippen molar-refractivity contribution in [3.8, 4) is 11.5 Å². The van der Waals surface area contributed by atoms with Gasteiger partial charge in [-0.05, 0) is 71.6 Å². The van der Waals surface area contributed by atoms with Crippen LogP contribution in [0.25, 0.3) is 16.8 Å². The topological polar surface area (TPSA) is 76.2 Å². The number of thioether (sulfide) groups is 1. The summed E-state index contributed by atoms with van der Waals surface area (Å²) in [6.45, 7) is 3.63. The summed E-state index contributed by atoms with van der Waals surface area (Å²) in [5, 5.41) is 2.08. The molecule has 0 saturated carbocycles. The van der Waals surface area contributed by atoms with Crippen LogP contribution in [0.1, 0.15) is 30.9 Å². The second kappa shape index (κ2) is 11.5. The molecule has 0 aromatic heterocycles. The van der Waals surface area contributed by atoms with Crippen LogP contribution in [-0.4, -0.2) is 53.1 Å². The van der Waals surface area contributed by atoms with Gasteiger partial charge in [-0.15, -0.1) is 0 Å². The number of fused-ring (bicyclic) bond motifs is 1. The third kappa shape index (κ3) is 5.51. The van der Waals surface area contributed by atoms with Gasteiger partial charge in [-0.1, -0.05) is 54.1 Å². The highest BCUT2D eigenvalue weighted by Crippen LogP contribution is 2.40. The predicted molar refractivity (Wildman–Crippen MR) is 149 cm³/mol. The second-order valence-corrected chi connectivity index (χ2v) is 10.4. The van der Waals surface area contributed by atoms with Crippen molar-refractivity contribution in [1.29, 1.82) is 0 Å². The number of hydrogen-bond acceptors (Lipinski definition) is 6. The Morgan fingerprint density at radius 2 is 1.82 bits per heavy atom. The van der Waals surface area contributed by atoms with Crippen LogP contribution in [-0.2, 0) is 16.2 Å². The molecule has 3 amide bonds. The fourth-order valence-corrected chi connectivity index (χ4v) is 5.74. The van der Waals surface area contributed by atoms with Crippen molar-refractivity contribution >= 4 is 57.3 Å². The van der Waals surface area contributed by atoms with E-state index in [2.05, 4.69) is 12.1 Å². The lowest BCUT2D eigenvalue weighted by Crippen LogP contribution is -2.40. The average molecular weight is 551 g/mol. The molecule has 2 saturated heterocycles. The monoisotopic (exact) mass is 550 g/mol. The lowest BCUT2D eigenvalue weighted by atomic mass is 10.1. The van der Waals surface area contributed by atoms with Crippen molar-refractivity contribution in [2.75, 3.05) is 26.2 Å². The molecule has 0 atom stereocenters. The number of carbonyl (C=O) groups excluding carboxylic acids is 3. The number of halogens is 1. The number of ether oxygens (including phenoxy) is 2. The zero-order valence-corrected chi connectivity index (χ0v) is 22.5. The van der Waals surface area contributed by atoms with Gasteiger partial charge >= 0.3 is 0 Å². The van der Waals surface area contributed by atoms with Crippen LogP contribution in [0, 0.1) is 0 Å². The highest BCUT2D eigenvalue weighted by molar-refractivity contribution is 8.18. The van der Waals surface area contributed by atoms with Gasteiger partial charge in [0.05, 0.1) is 16.5 Å². The van der Waals surface area contributed by atoms with Gasteiger partial charge < -0.3 is 14.4 Å². The lowest BCUT2D eigenvalue weighted by molar-refractivity contribution is -0.135. The van der Waals surface area contributed by atoms with E-state index < -0.39 is 11.1 Å². The minimum Gasteiger partial charge on any atom is -0.490 e. The maximum Gasteiger partial charge on any atom is 0.294 e. The molecule has 0 spiro atoms. The van der Waals surface area contributed by atoms with Crippen LogP contribution in [0.4, 0.5) is 4.79 Å². The SMILES string of the molecule is CCOc1cc(/C=C2\SC(=O)N(CC(=O)N3CCCC3)C2=O)cc(Cl)c1OCc1cccc2ccccc12. The van der Waals surface area contributed by atoms with Gasteiger partial charge in [0, 0.05) is 13.1 Å². The molecule has 3 aromatic carbocycles. The molecule has 0 bridgehead atoms. The molecular weight excluding hydrogens is 524 g/mol. The Bertz CT molecular complexity index is 1430. The molecule has 0 aliphatic carbocycles. The van der Waals surface area contributed by atoms with Crippen molar-refractivity contribution in [2.45, 2.75) is 26.4 Å². The van der Waals surface area contributed by atoms with E-state index in [1.807, 2.05) is 37.3 Å². The summed E-state index contributed by atoms with van der Waals surface area (Å²) < 4.78 is 12.0. The van der Waals surface area contributed by atoms with Crippen LogP contribution >= 0.6 is 23.4 Å². The maximum atomic E-state index is 13.0.